The lowest BCUT2D eigenvalue weighted by Crippen LogP contribution is -2.34. The number of hydrogen-bond donors (Lipinski definition) is 0. The van der Waals surface area contributed by atoms with Gasteiger partial charge in [0.15, 0.2) is 5.82 Å². The Morgan fingerprint density at radius 2 is 1.02 bits per heavy atom. The number of furan rings is 1. The highest BCUT2D eigenvalue weighted by atomic mass is 16.5. The molecular weight excluding hydrogens is 771 g/mol. The van der Waals surface area contributed by atoms with E-state index in [1.165, 1.54) is 22.3 Å². The molecule has 3 aromatic heterocycles. The van der Waals surface area contributed by atoms with Crippen molar-refractivity contribution in [2.45, 2.75) is 5.41 Å². The molecule has 5 nitrogen and oxygen atoms in total. The Hall–Kier alpha value is -8.41. The van der Waals surface area contributed by atoms with Crippen molar-refractivity contribution in [1.29, 1.82) is 0 Å². The van der Waals surface area contributed by atoms with E-state index in [2.05, 4.69) is 181 Å². The minimum atomic E-state index is -0.835. The van der Waals surface area contributed by atoms with Crippen molar-refractivity contribution in [1.82, 2.24) is 15.0 Å². The molecule has 63 heavy (non-hydrogen) atoms. The zero-order chi connectivity index (χ0) is 41.5. The first-order chi connectivity index (χ1) is 31.2. The summed E-state index contributed by atoms with van der Waals surface area (Å²) in [4.78, 5) is 14.9. The molecule has 4 heterocycles. The Morgan fingerprint density at radius 3 is 1.83 bits per heavy atom. The van der Waals surface area contributed by atoms with Gasteiger partial charge in [-0.2, -0.15) is 0 Å². The first-order valence-corrected chi connectivity index (χ1v) is 21.2. The van der Waals surface area contributed by atoms with Gasteiger partial charge in [-0.15, -0.1) is 0 Å². The van der Waals surface area contributed by atoms with E-state index in [9.17, 15) is 0 Å². The van der Waals surface area contributed by atoms with Crippen LogP contribution in [0.4, 0.5) is 0 Å². The van der Waals surface area contributed by atoms with Gasteiger partial charge in [0.1, 0.15) is 22.7 Å². The third-order valence-corrected chi connectivity index (χ3v) is 12.9. The standard InChI is InChI=1S/C58H35N3O2/c1-2-13-37(14-3-1)51-34-52(61-57(60-51)38-26-24-36(25-27-38)40-15-12-30-59-35-40)39-28-29-44-42-17-5-4-16-41(42)43-18-6-8-20-47(43)58(49(44)31-39)48-21-9-11-23-54(48)63-56-32-46-45-19-7-10-22-53(45)62-55(46)33-50(56)58/h1-35H. The van der Waals surface area contributed by atoms with Gasteiger partial charge in [-0.3, -0.25) is 4.98 Å². The van der Waals surface area contributed by atoms with Crippen molar-refractivity contribution in [2.75, 3.05) is 0 Å². The SMILES string of the molecule is c1ccc(-c2cc(-c3ccc4c(c3)C3(c5ccccc5Oc5cc6c(cc53)oc3ccccc36)c3ccccc3-c3ccccc3-4)nc(-c3ccc(-c4cccnc4)cc3)n2)cc1. The third kappa shape index (κ3) is 5.40. The highest BCUT2D eigenvalue weighted by molar-refractivity contribution is 6.06. The molecule has 1 aliphatic carbocycles. The van der Waals surface area contributed by atoms with Crippen molar-refractivity contribution in [3.63, 3.8) is 0 Å². The number of rotatable bonds is 4. The van der Waals surface area contributed by atoms with Crippen LogP contribution in [0.3, 0.4) is 0 Å². The Balaban J connectivity index is 1.11. The largest absolute Gasteiger partial charge is 0.457 e. The van der Waals surface area contributed by atoms with Gasteiger partial charge in [0.25, 0.3) is 0 Å². The molecule has 5 heteroatoms. The van der Waals surface area contributed by atoms with Crippen molar-refractivity contribution in [3.8, 4) is 78.8 Å². The molecule has 8 aromatic carbocycles. The predicted molar refractivity (Wildman–Crippen MR) is 252 cm³/mol. The van der Waals surface area contributed by atoms with Gasteiger partial charge < -0.3 is 9.15 Å². The van der Waals surface area contributed by atoms with E-state index in [1.54, 1.807) is 6.20 Å². The maximum atomic E-state index is 6.99. The quantitative estimate of drug-likeness (QED) is 0.177. The van der Waals surface area contributed by atoms with Gasteiger partial charge in [-0.05, 0) is 87.0 Å². The number of fused-ring (bicyclic) bond motifs is 14. The van der Waals surface area contributed by atoms with E-state index < -0.39 is 5.41 Å². The fourth-order valence-electron chi connectivity index (χ4n) is 10.1. The minimum absolute atomic E-state index is 0.651. The normalized spacial score (nSPS) is 14.5. The average molecular weight is 806 g/mol. The zero-order valence-corrected chi connectivity index (χ0v) is 33.9. The van der Waals surface area contributed by atoms with E-state index in [0.29, 0.717) is 5.82 Å². The number of aromatic nitrogens is 3. The molecular formula is C58H35N3O2. The molecule has 294 valence electrons. The number of para-hydroxylation sites is 2. The van der Waals surface area contributed by atoms with Crippen LogP contribution < -0.4 is 4.74 Å². The van der Waals surface area contributed by atoms with Crippen LogP contribution >= 0.6 is 0 Å². The molecule has 0 amide bonds. The summed E-state index contributed by atoms with van der Waals surface area (Å²) in [7, 11) is 0. The van der Waals surface area contributed by atoms with Crippen molar-refractivity contribution < 1.29 is 9.15 Å². The molecule has 1 spiro atoms. The second-order valence-electron chi connectivity index (χ2n) is 16.3. The molecule has 2 aliphatic rings. The second kappa shape index (κ2) is 13.8. The maximum Gasteiger partial charge on any atom is 0.160 e. The lowest BCUT2D eigenvalue weighted by atomic mass is 9.62. The van der Waals surface area contributed by atoms with Gasteiger partial charge >= 0.3 is 0 Å². The van der Waals surface area contributed by atoms with Gasteiger partial charge in [-0.25, -0.2) is 9.97 Å². The molecule has 0 saturated carbocycles. The lowest BCUT2D eigenvalue weighted by Gasteiger charge is -2.42. The van der Waals surface area contributed by atoms with Gasteiger partial charge in [-0.1, -0.05) is 158 Å². The highest BCUT2D eigenvalue weighted by Crippen LogP contribution is 2.62. The topological polar surface area (TPSA) is 61.0 Å². The van der Waals surface area contributed by atoms with Crippen LogP contribution in [0.25, 0.3) is 89.2 Å². The van der Waals surface area contributed by atoms with Gasteiger partial charge in [0.05, 0.1) is 16.8 Å². The fraction of sp³-hybridized carbons (Fsp3) is 0.0172. The number of hydrogen-bond acceptors (Lipinski definition) is 5. The number of benzene rings is 8. The summed E-state index contributed by atoms with van der Waals surface area (Å²) in [6.07, 6.45) is 3.68. The van der Waals surface area contributed by atoms with Crippen molar-refractivity contribution in [3.05, 3.63) is 235 Å². The van der Waals surface area contributed by atoms with E-state index in [4.69, 9.17) is 19.1 Å². The van der Waals surface area contributed by atoms with E-state index in [-0.39, 0.29) is 0 Å². The van der Waals surface area contributed by atoms with Crippen molar-refractivity contribution in [2.24, 2.45) is 0 Å². The fourth-order valence-corrected chi connectivity index (χ4v) is 10.1. The van der Waals surface area contributed by atoms with Crippen LogP contribution in [0.2, 0.25) is 0 Å². The molecule has 13 rings (SSSR count). The van der Waals surface area contributed by atoms with E-state index >= 15 is 0 Å². The Bertz CT molecular complexity index is 3600. The second-order valence-corrected chi connectivity index (χ2v) is 16.3. The summed E-state index contributed by atoms with van der Waals surface area (Å²) in [6, 6.07) is 70.7. The van der Waals surface area contributed by atoms with Gasteiger partial charge in [0.2, 0.25) is 0 Å². The summed E-state index contributed by atoms with van der Waals surface area (Å²) in [5.74, 6) is 2.27. The Kier molecular flexibility index (Phi) is 7.75. The number of pyridine rings is 1. The smallest absolute Gasteiger partial charge is 0.160 e. The first-order valence-electron chi connectivity index (χ1n) is 21.2. The van der Waals surface area contributed by atoms with Crippen LogP contribution in [0.15, 0.2) is 217 Å². The van der Waals surface area contributed by atoms with Crippen molar-refractivity contribution >= 4 is 21.9 Å². The van der Waals surface area contributed by atoms with Crippen LogP contribution in [0.1, 0.15) is 22.3 Å². The summed E-state index contributed by atoms with van der Waals surface area (Å²) in [5, 5.41) is 2.08. The van der Waals surface area contributed by atoms with Crippen LogP contribution in [0, 0.1) is 0 Å². The predicted octanol–water partition coefficient (Wildman–Crippen LogP) is 14.6. The number of ether oxygens (including phenoxy) is 1. The molecule has 0 fully saturated rings. The van der Waals surface area contributed by atoms with E-state index in [0.717, 1.165) is 94.9 Å². The van der Waals surface area contributed by atoms with Crippen LogP contribution in [-0.2, 0) is 5.41 Å². The van der Waals surface area contributed by atoms with Crippen LogP contribution in [0.5, 0.6) is 11.5 Å². The lowest BCUT2D eigenvalue weighted by molar-refractivity contribution is 0.435. The Morgan fingerprint density at radius 1 is 0.365 bits per heavy atom. The number of nitrogens with zero attached hydrogens (tertiary/aromatic N) is 3. The first kappa shape index (κ1) is 35.4. The van der Waals surface area contributed by atoms with Crippen LogP contribution in [-0.4, -0.2) is 15.0 Å². The Labute approximate surface area is 363 Å². The molecule has 0 N–H and O–H groups in total. The molecule has 1 atom stereocenters. The molecule has 1 aliphatic heterocycles. The summed E-state index contributed by atoms with van der Waals surface area (Å²) in [5.41, 5.74) is 16.6. The molecule has 0 radical (unpaired) electrons. The summed E-state index contributed by atoms with van der Waals surface area (Å²) >= 11 is 0. The molecule has 1 unspecified atom stereocenters. The van der Waals surface area contributed by atoms with E-state index in [1.807, 2.05) is 30.5 Å². The maximum absolute atomic E-state index is 6.99. The molecule has 0 bridgehead atoms. The summed E-state index contributed by atoms with van der Waals surface area (Å²) < 4.78 is 13.7. The molecule has 0 saturated heterocycles. The highest BCUT2D eigenvalue weighted by Gasteiger charge is 2.49. The van der Waals surface area contributed by atoms with Gasteiger partial charge in [0, 0.05) is 51.0 Å². The summed E-state index contributed by atoms with van der Waals surface area (Å²) in [6.45, 7) is 0. The zero-order valence-electron chi connectivity index (χ0n) is 33.9. The molecule has 11 aromatic rings. The third-order valence-electron chi connectivity index (χ3n) is 12.9. The average Bonchev–Trinajstić information content (AvgIpc) is 3.68. The monoisotopic (exact) mass is 805 g/mol. The minimum Gasteiger partial charge on any atom is -0.457 e.